The number of hydrogen-bond donors (Lipinski definition) is 3. The van der Waals surface area contributed by atoms with Crippen molar-refractivity contribution in [3.05, 3.63) is 52.0 Å². The van der Waals surface area contributed by atoms with Gasteiger partial charge >= 0.3 is 6.18 Å². The Labute approximate surface area is 194 Å². The molecule has 3 N–H and O–H groups in total. The summed E-state index contributed by atoms with van der Waals surface area (Å²) in [6.07, 6.45) is -4.15. The Kier molecular flexibility index (Phi) is 11.0. The first kappa shape index (κ1) is 26.6. The summed E-state index contributed by atoms with van der Waals surface area (Å²) < 4.78 is 64.2. The van der Waals surface area contributed by atoms with E-state index in [9.17, 15) is 21.6 Å². The Morgan fingerprint density at radius 3 is 2.43 bits per heavy atom. The second-order valence-corrected chi connectivity index (χ2v) is 8.79. The molecule has 30 heavy (non-hydrogen) atoms. The maximum Gasteiger partial charge on any atom is 0.434 e. The summed E-state index contributed by atoms with van der Waals surface area (Å²) in [4.78, 5) is 7.51. The molecule has 1 heterocycles. The fourth-order valence-electron chi connectivity index (χ4n) is 2.23. The summed E-state index contributed by atoms with van der Waals surface area (Å²) in [6.45, 7) is 0.645. The number of aliphatic imine (C=N–C) groups is 1. The van der Waals surface area contributed by atoms with E-state index in [1.54, 1.807) is 0 Å². The van der Waals surface area contributed by atoms with E-state index in [1.165, 1.54) is 7.05 Å². The fraction of sp³-hybridized carbons (Fsp3) is 0.412. The zero-order chi connectivity index (χ0) is 21.3. The van der Waals surface area contributed by atoms with Crippen molar-refractivity contribution in [2.45, 2.75) is 19.1 Å². The fourth-order valence-corrected chi connectivity index (χ4v) is 3.94. The van der Waals surface area contributed by atoms with E-state index in [2.05, 4.69) is 25.3 Å². The van der Waals surface area contributed by atoms with Crippen molar-refractivity contribution in [1.82, 2.24) is 20.3 Å². The number of hydrogen-bond acceptors (Lipinski definition) is 5. The molecular formula is C17H23F3IN5O2S2. The molecule has 0 saturated heterocycles. The van der Waals surface area contributed by atoms with Crippen LogP contribution in [-0.2, 0) is 29.2 Å². The van der Waals surface area contributed by atoms with Crippen LogP contribution >= 0.6 is 35.3 Å². The van der Waals surface area contributed by atoms with E-state index in [0.29, 0.717) is 23.9 Å². The molecule has 2 aromatic rings. The molecule has 2 rings (SSSR count). The highest BCUT2D eigenvalue weighted by Gasteiger charge is 2.33. The average molecular weight is 577 g/mol. The smallest absolute Gasteiger partial charge is 0.356 e. The van der Waals surface area contributed by atoms with Crippen LogP contribution in [0, 0.1) is 0 Å². The molecule has 0 fully saturated rings. The highest BCUT2D eigenvalue weighted by Crippen LogP contribution is 2.29. The number of rotatable bonds is 9. The molecule has 0 atom stereocenters. The number of benzene rings is 1. The lowest BCUT2D eigenvalue weighted by Crippen LogP contribution is -2.41. The molecule has 0 aliphatic rings. The highest BCUT2D eigenvalue weighted by atomic mass is 127. The van der Waals surface area contributed by atoms with Crippen LogP contribution in [0.5, 0.6) is 0 Å². The molecule has 1 aromatic carbocycles. The minimum absolute atomic E-state index is 0. The number of nitrogens with zero attached hydrogens (tertiary/aromatic N) is 2. The van der Waals surface area contributed by atoms with Crippen molar-refractivity contribution in [2.24, 2.45) is 4.99 Å². The van der Waals surface area contributed by atoms with Gasteiger partial charge in [0.25, 0.3) is 0 Å². The van der Waals surface area contributed by atoms with Crippen LogP contribution in [0.25, 0.3) is 0 Å². The van der Waals surface area contributed by atoms with Gasteiger partial charge in [-0.25, -0.2) is 18.1 Å². The third-order valence-corrected chi connectivity index (χ3v) is 5.93. The minimum Gasteiger partial charge on any atom is -0.356 e. The standard InChI is InChI=1S/C17H22F3N5O2S2.HI/c1-21-16(22-8-7-15-25-14(12-28-15)17(18,19)20)23-9-10-29(26,27)24-11-13-5-3-2-4-6-13;/h2-6,12,24H,7-11H2,1H3,(H2,21,22,23);1H. The number of thiazole rings is 1. The zero-order valence-electron chi connectivity index (χ0n) is 16.1. The van der Waals surface area contributed by atoms with Crippen molar-refractivity contribution < 1.29 is 21.6 Å². The second kappa shape index (κ2) is 12.4. The Bertz CT molecular complexity index is 906. The Hall–Kier alpha value is -1.45. The molecule has 1 aromatic heterocycles. The average Bonchev–Trinajstić information content (AvgIpc) is 3.15. The van der Waals surface area contributed by atoms with Gasteiger partial charge in [0, 0.05) is 38.5 Å². The van der Waals surface area contributed by atoms with Crippen LogP contribution in [-0.4, -0.2) is 45.3 Å². The van der Waals surface area contributed by atoms with Gasteiger partial charge in [0.2, 0.25) is 10.0 Å². The van der Waals surface area contributed by atoms with Crippen molar-refractivity contribution >= 4 is 51.3 Å². The van der Waals surface area contributed by atoms with E-state index >= 15 is 0 Å². The molecule has 0 saturated carbocycles. The third kappa shape index (κ3) is 9.57. The lowest BCUT2D eigenvalue weighted by atomic mass is 10.2. The molecule has 0 bridgehead atoms. The Morgan fingerprint density at radius 2 is 1.83 bits per heavy atom. The van der Waals surface area contributed by atoms with Gasteiger partial charge in [0.1, 0.15) is 0 Å². The molecular weight excluding hydrogens is 554 g/mol. The predicted molar refractivity (Wildman–Crippen MR) is 123 cm³/mol. The molecule has 168 valence electrons. The molecule has 0 unspecified atom stereocenters. The molecule has 7 nitrogen and oxygen atoms in total. The summed E-state index contributed by atoms with van der Waals surface area (Å²) in [5, 5.41) is 7.12. The van der Waals surface area contributed by atoms with Crippen LogP contribution in [0.1, 0.15) is 16.3 Å². The monoisotopic (exact) mass is 577 g/mol. The van der Waals surface area contributed by atoms with Gasteiger partial charge in [-0.2, -0.15) is 13.2 Å². The number of nitrogens with one attached hydrogen (secondary N) is 3. The van der Waals surface area contributed by atoms with E-state index in [4.69, 9.17) is 0 Å². The van der Waals surface area contributed by atoms with Gasteiger partial charge in [-0.05, 0) is 5.56 Å². The van der Waals surface area contributed by atoms with Gasteiger partial charge in [-0.3, -0.25) is 4.99 Å². The quantitative estimate of drug-likeness (QED) is 0.242. The van der Waals surface area contributed by atoms with Gasteiger partial charge in [-0.1, -0.05) is 30.3 Å². The Morgan fingerprint density at radius 1 is 1.17 bits per heavy atom. The number of guanidine groups is 1. The lowest BCUT2D eigenvalue weighted by Gasteiger charge is -2.12. The van der Waals surface area contributed by atoms with Crippen LogP contribution < -0.4 is 15.4 Å². The molecule has 13 heteroatoms. The first-order chi connectivity index (χ1) is 13.7. The minimum atomic E-state index is -4.44. The van der Waals surface area contributed by atoms with Gasteiger partial charge in [0.05, 0.1) is 10.8 Å². The van der Waals surface area contributed by atoms with Crippen molar-refractivity contribution in [3.63, 3.8) is 0 Å². The largest absolute Gasteiger partial charge is 0.434 e. The Balaban J connectivity index is 0.00000450. The molecule has 0 spiro atoms. The predicted octanol–water partition coefficient (Wildman–Crippen LogP) is 2.61. The second-order valence-electron chi connectivity index (χ2n) is 5.93. The van der Waals surface area contributed by atoms with Crippen molar-refractivity contribution in [2.75, 3.05) is 25.9 Å². The highest BCUT2D eigenvalue weighted by molar-refractivity contribution is 14.0. The van der Waals surface area contributed by atoms with Gasteiger partial charge in [-0.15, -0.1) is 35.3 Å². The summed E-state index contributed by atoms with van der Waals surface area (Å²) in [7, 11) is -1.95. The summed E-state index contributed by atoms with van der Waals surface area (Å²) in [5.41, 5.74) is -0.0365. The van der Waals surface area contributed by atoms with Crippen LogP contribution in [0.3, 0.4) is 0 Å². The number of sulfonamides is 1. The van der Waals surface area contributed by atoms with Crippen LogP contribution in [0.2, 0.25) is 0 Å². The van der Waals surface area contributed by atoms with Crippen molar-refractivity contribution in [1.29, 1.82) is 0 Å². The topological polar surface area (TPSA) is 95.5 Å². The van der Waals surface area contributed by atoms with Crippen LogP contribution in [0.15, 0.2) is 40.7 Å². The molecule has 0 amide bonds. The third-order valence-electron chi connectivity index (χ3n) is 3.70. The first-order valence-corrected chi connectivity index (χ1v) is 11.2. The maximum absolute atomic E-state index is 12.5. The number of alkyl halides is 3. The van der Waals surface area contributed by atoms with E-state index in [-0.39, 0.29) is 42.8 Å². The van der Waals surface area contributed by atoms with E-state index in [0.717, 1.165) is 22.3 Å². The number of aromatic nitrogens is 1. The van der Waals surface area contributed by atoms with Crippen molar-refractivity contribution in [3.8, 4) is 0 Å². The maximum atomic E-state index is 12.5. The normalized spacial score (nSPS) is 12.3. The van der Waals surface area contributed by atoms with E-state index < -0.39 is 21.9 Å². The van der Waals surface area contributed by atoms with Crippen LogP contribution in [0.4, 0.5) is 13.2 Å². The van der Waals surface area contributed by atoms with Gasteiger partial charge < -0.3 is 10.6 Å². The van der Waals surface area contributed by atoms with E-state index in [1.807, 2.05) is 30.3 Å². The summed E-state index contributed by atoms with van der Waals surface area (Å²) >= 11 is 0.942. The summed E-state index contributed by atoms with van der Waals surface area (Å²) in [6, 6.07) is 9.16. The molecule has 0 radical (unpaired) electrons. The SMILES string of the molecule is CN=C(NCCc1nc(C(F)(F)F)cs1)NCCS(=O)(=O)NCc1ccccc1.I. The first-order valence-electron chi connectivity index (χ1n) is 8.67. The molecule has 0 aliphatic carbocycles. The molecule has 0 aliphatic heterocycles. The summed E-state index contributed by atoms with van der Waals surface area (Å²) in [5.74, 6) is 0.206. The number of halogens is 4. The van der Waals surface area contributed by atoms with Gasteiger partial charge in [0.15, 0.2) is 11.7 Å². The lowest BCUT2D eigenvalue weighted by molar-refractivity contribution is -0.140. The zero-order valence-corrected chi connectivity index (χ0v) is 20.0.